The van der Waals surface area contributed by atoms with Crippen LogP contribution in [0.25, 0.3) is 16.5 Å². The number of hydrogen-bond acceptors (Lipinski definition) is 4. The minimum atomic E-state index is -0.654. The van der Waals surface area contributed by atoms with Crippen molar-refractivity contribution in [3.05, 3.63) is 89.0 Å². The fourth-order valence-electron chi connectivity index (χ4n) is 4.37. The fourth-order valence-corrected chi connectivity index (χ4v) is 4.37. The molecule has 5 nitrogen and oxygen atoms in total. The third kappa shape index (κ3) is 4.55. The monoisotopic (exact) mass is 443 g/mol. The van der Waals surface area contributed by atoms with Crippen LogP contribution in [0.2, 0.25) is 0 Å². The third-order valence-corrected chi connectivity index (χ3v) is 6.04. The predicted molar refractivity (Wildman–Crippen MR) is 130 cm³/mol. The molecule has 0 spiro atoms. The fraction of sp³-hybridized carbons (Fsp3) is 0.286. The molecule has 0 radical (unpaired) electrons. The van der Waals surface area contributed by atoms with E-state index in [2.05, 4.69) is 0 Å². The van der Waals surface area contributed by atoms with Gasteiger partial charge in [0.05, 0.1) is 17.7 Å². The standard InChI is InChI=1S/C28H29NO4/c1-18(2)33-16-8-15-29-25(23-12-7-4-9-19(23)3)24(27(31)28(29)32)26(30)22-14-13-20-10-5-6-11-21(20)17-22/h4-7,9-14,17-18,25,30H,8,15-16H2,1-3H3/b26-24+. The summed E-state index contributed by atoms with van der Waals surface area (Å²) in [6.45, 7) is 6.73. The normalized spacial score (nSPS) is 17.9. The summed E-state index contributed by atoms with van der Waals surface area (Å²) in [6, 6.07) is 20.4. The number of benzene rings is 3. The molecule has 1 aliphatic heterocycles. The van der Waals surface area contributed by atoms with Gasteiger partial charge < -0.3 is 14.7 Å². The minimum Gasteiger partial charge on any atom is -0.507 e. The van der Waals surface area contributed by atoms with Crippen molar-refractivity contribution >= 4 is 28.2 Å². The first-order chi connectivity index (χ1) is 15.9. The average Bonchev–Trinajstić information content (AvgIpc) is 3.06. The van der Waals surface area contributed by atoms with Crippen molar-refractivity contribution in [3.8, 4) is 0 Å². The van der Waals surface area contributed by atoms with Crippen LogP contribution in [0, 0.1) is 6.92 Å². The van der Waals surface area contributed by atoms with Crippen LogP contribution in [0.15, 0.2) is 72.3 Å². The van der Waals surface area contributed by atoms with Gasteiger partial charge in [-0.15, -0.1) is 0 Å². The number of carbonyl (C=O) groups is 2. The summed E-state index contributed by atoms with van der Waals surface area (Å²) < 4.78 is 5.63. The summed E-state index contributed by atoms with van der Waals surface area (Å²) >= 11 is 0. The second-order valence-electron chi connectivity index (χ2n) is 8.68. The molecule has 0 aliphatic carbocycles. The van der Waals surface area contributed by atoms with Gasteiger partial charge in [-0.2, -0.15) is 0 Å². The smallest absolute Gasteiger partial charge is 0.295 e. The zero-order chi connectivity index (χ0) is 23.5. The lowest BCUT2D eigenvalue weighted by Gasteiger charge is -2.26. The number of carbonyl (C=O) groups excluding carboxylic acids is 2. The lowest BCUT2D eigenvalue weighted by molar-refractivity contribution is -0.140. The van der Waals surface area contributed by atoms with Crippen LogP contribution >= 0.6 is 0 Å². The maximum absolute atomic E-state index is 13.2. The highest BCUT2D eigenvalue weighted by atomic mass is 16.5. The quantitative estimate of drug-likeness (QED) is 0.230. The summed E-state index contributed by atoms with van der Waals surface area (Å²) in [5.74, 6) is -1.39. The molecule has 1 unspecified atom stereocenters. The van der Waals surface area contributed by atoms with Gasteiger partial charge in [0.2, 0.25) is 0 Å². The van der Waals surface area contributed by atoms with E-state index in [-0.39, 0.29) is 17.4 Å². The van der Waals surface area contributed by atoms with Crippen LogP contribution in [0.5, 0.6) is 0 Å². The first-order valence-electron chi connectivity index (χ1n) is 11.3. The molecular weight excluding hydrogens is 414 g/mol. The lowest BCUT2D eigenvalue weighted by Crippen LogP contribution is -2.31. The highest BCUT2D eigenvalue weighted by Crippen LogP contribution is 2.40. The molecular formula is C28H29NO4. The van der Waals surface area contributed by atoms with Gasteiger partial charge in [-0.3, -0.25) is 9.59 Å². The molecule has 1 heterocycles. The molecule has 1 saturated heterocycles. The number of aliphatic hydroxyl groups excluding tert-OH is 1. The van der Waals surface area contributed by atoms with Gasteiger partial charge in [0.25, 0.3) is 11.7 Å². The lowest BCUT2D eigenvalue weighted by atomic mass is 9.92. The van der Waals surface area contributed by atoms with Crippen molar-refractivity contribution in [1.82, 2.24) is 4.90 Å². The number of ether oxygens (including phenoxy) is 1. The zero-order valence-corrected chi connectivity index (χ0v) is 19.2. The van der Waals surface area contributed by atoms with E-state index >= 15 is 0 Å². The molecule has 1 aliphatic rings. The second-order valence-corrected chi connectivity index (χ2v) is 8.68. The van der Waals surface area contributed by atoms with E-state index in [0.29, 0.717) is 25.1 Å². The molecule has 5 heteroatoms. The Kier molecular flexibility index (Phi) is 6.61. The van der Waals surface area contributed by atoms with E-state index in [0.717, 1.165) is 21.9 Å². The first kappa shape index (κ1) is 22.7. The van der Waals surface area contributed by atoms with Gasteiger partial charge in [0, 0.05) is 18.7 Å². The van der Waals surface area contributed by atoms with Gasteiger partial charge >= 0.3 is 0 Å². The molecule has 0 saturated carbocycles. The number of fused-ring (bicyclic) bond motifs is 1. The van der Waals surface area contributed by atoms with E-state index < -0.39 is 17.7 Å². The third-order valence-electron chi connectivity index (χ3n) is 6.04. The Hall–Kier alpha value is -3.44. The van der Waals surface area contributed by atoms with Crippen molar-refractivity contribution in [2.45, 2.75) is 39.3 Å². The number of aliphatic hydroxyl groups is 1. The van der Waals surface area contributed by atoms with Gasteiger partial charge in [0.1, 0.15) is 5.76 Å². The van der Waals surface area contributed by atoms with Crippen molar-refractivity contribution < 1.29 is 19.4 Å². The van der Waals surface area contributed by atoms with Crippen LogP contribution < -0.4 is 0 Å². The molecule has 1 N–H and O–H groups in total. The number of ketones is 1. The average molecular weight is 444 g/mol. The van der Waals surface area contributed by atoms with Gasteiger partial charge in [0.15, 0.2) is 0 Å². The van der Waals surface area contributed by atoms with E-state index in [1.165, 1.54) is 0 Å². The van der Waals surface area contributed by atoms with Crippen molar-refractivity contribution in [2.75, 3.05) is 13.2 Å². The summed E-state index contributed by atoms with van der Waals surface area (Å²) in [7, 11) is 0. The highest BCUT2D eigenvalue weighted by Gasteiger charge is 2.46. The number of aryl methyl sites for hydroxylation is 1. The van der Waals surface area contributed by atoms with Gasteiger partial charge in [-0.05, 0) is 55.2 Å². The Bertz CT molecular complexity index is 1230. The highest BCUT2D eigenvalue weighted by molar-refractivity contribution is 6.46. The second kappa shape index (κ2) is 9.59. The Morgan fingerprint density at radius 3 is 2.42 bits per heavy atom. The molecule has 4 rings (SSSR count). The SMILES string of the molecule is Cc1ccccc1C1/C(=C(\O)c2ccc3ccccc3c2)C(=O)C(=O)N1CCCOC(C)C. The van der Waals surface area contributed by atoms with Crippen molar-refractivity contribution in [2.24, 2.45) is 0 Å². The summed E-state index contributed by atoms with van der Waals surface area (Å²) in [5.41, 5.74) is 2.45. The number of Topliss-reactive ketones (excluding diaryl/α,β-unsaturated/α-hetero) is 1. The Balaban J connectivity index is 1.79. The molecule has 170 valence electrons. The molecule has 33 heavy (non-hydrogen) atoms. The van der Waals surface area contributed by atoms with Crippen LogP contribution in [0.1, 0.15) is 43.0 Å². The van der Waals surface area contributed by atoms with Crippen LogP contribution in [0.4, 0.5) is 0 Å². The maximum Gasteiger partial charge on any atom is 0.295 e. The molecule has 1 atom stereocenters. The molecule has 3 aromatic rings. The number of hydrogen-bond donors (Lipinski definition) is 1. The minimum absolute atomic E-state index is 0.0977. The number of nitrogens with zero attached hydrogens (tertiary/aromatic N) is 1. The van der Waals surface area contributed by atoms with Gasteiger partial charge in [-0.1, -0.05) is 60.7 Å². The van der Waals surface area contributed by atoms with E-state index in [1.54, 1.807) is 11.0 Å². The predicted octanol–water partition coefficient (Wildman–Crippen LogP) is 5.39. The Morgan fingerprint density at radius 2 is 1.70 bits per heavy atom. The van der Waals surface area contributed by atoms with Crippen LogP contribution in [-0.4, -0.2) is 41.0 Å². The van der Waals surface area contributed by atoms with Crippen LogP contribution in [-0.2, 0) is 14.3 Å². The molecule has 0 aromatic heterocycles. The van der Waals surface area contributed by atoms with E-state index in [4.69, 9.17) is 4.74 Å². The molecule has 0 bridgehead atoms. The molecule has 3 aromatic carbocycles. The summed E-state index contributed by atoms with van der Waals surface area (Å²) in [6.07, 6.45) is 0.698. The Morgan fingerprint density at radius 1 is 1.00 bits per heavy atom. The number of likely N-dealkylation sites (tertiary alicyclic amines) is 1. The van der Waals surface area contributed by atoms with E-state index in [9.17, 15) is 14.7 Å². The van der Waals surface area contributed by atoms with Gasteiger partial charge in [-0.25, -0.2) is 0 Å². The Labute approximate surface area is 194 Å². The van der Waals surface area contributed by atoms with Crippen LogP contribution in [0.3, 0.4) is 0 Å². The summed E-state index contributed by atoms with van der Waals surface area (Å²) in [4.78, 5) is 27.8. The number of rotatable bonds is 7. The topological polar surface area (TPSA) is 66.8 Å². The van der Waals surface area contributed by atoms with Crippen molar-refractivity contribution in [3.63, 3.8) is 0 Å². The largest absolute Gasteiger partial charge is 0.507 e. The molecule has 1 fully saturated rings. The maximum atomic E-state index is 13.2. The first-order valence-corrected chi connectivity index (χ1v) is 11.3. The molecule has 1 amide bonds. The zero-order valence-electron chi connectivity index (χ0n) is 19.2. The summed E-state index contributed by atoms with van der Waals surface area (Å²) in [5, 5.41) is 13.3. The van der Waals surface area contributed by atoms with Crippen molar-refractivity contribution in [1.29, 1.82) is 0 Å². The van der Waals surface area contributed by atoms with E-state index in [1.807, 2.05) is 81.4 Å². The number of amides is 1.